The van der Waals surface area contributed by atoms with E-state index < -0.39 is 0 Å². The number of unbranched alkanes of at least 4 members (excludes halogenated alkanes) is 1. The second-order valence-electron chi connectivity index (χ2n) is 4.93. The molecule has 1 saturated carbocycles. The number of hydrogen-bond acceptors (Lipinski definition) is 2. The maximum atomic E-state index is 11.5. The summed E-state index contributed by atoms with van der Waals surface area (Å²) in [5.74, 6) is 0.879. The van der Waals surface area contributed by atoms with Gasteiger partial charge in [-0.2, -0.15) is 0 Å². The van der Waals surface area contributed by atoms with Gasteiger partial charge in [0.1, 0.15) is 6.61 Å². The van der Waals surface area contributed by atoms with Gasteiger partial charge in [-0.15, -0.1) is 0 Å². The minimum atomic E-state index is 0.0515. The Morgan fingerprint density at radius 2 is 2.00 bits per heavy atom. The number of hydrogen-bond donors (Lipinski definition) is 1. The molecule has 3 nitrogen and oxygen atoms in total. The summed E-state index contributed by atoms with van der Waals surface area (Å²) >= 11 is 0. The summed E-state index contributed by atoms with van der Waals surface area (Å²) in [6.45, 7) is 5.33. The largest absolute Gasteiger partial charge is 0.372 e. The van der Waals surface area contributed by atoms with Gasteiger partial charge in [0.05, 0.1) is 0 Å². The first kappa shape index (κ1) is 13.5. The molecule has 0 radical (unpaired) electrons. The van der Waals surface area contributed by atoms with Gasteiger partial charge in [0.2, 0.25) is 5.91 Å². The van der Waals surface area contributed by atoms with Crippen LogP contribution in [0.15, 0.2) is 0 Å². The highest BCUT2D eigenvalue weighted by Gasteiger charge is 2.19. The molecule has 0 heterocycles. The molecule has 0 aromatic rings. The molecule has 0 aromatic heterocycles. The van der Waals surface area contributed by atoms with Crippen LogP contribution in [0.1, 0.15) is 52.4 Å². The molecule has 1 amide bonds. The Morgan fingerprint density at radius 3 is 2.62 bits per heavy atom. The molecule has 1 rings (SSSR count). The Hall–Kier alpha value is -0.570. The van der Waals surface area contributed by atoms with Crippen LogP contribution < -0.4 is 5.32 Å². The van der Waals surface area contributed by atoms with Crippen molar-refractivity contribution in [3.8, 4) is 0 Å². The third-order valence-electron chi connectivity index (χ3n) is 3.26. The smallest absolute Gasteiger partial charge is 0.246 e. The van der Waals surface area contributed by atoms with E-state index in [9.17, 15) is 4.79 Å². The molecule has 0 atom stereocenters. The molecule has 94 valence electrons. The Kier molecular flexibility index (Phi) is 6.46. The Bertz CT molecular complexity index is 198. The molecule has 3 heteroatoms. The van der Waals surface area contributed by atoms with Crippen molar-refractivity contribution in [1.29, 1.82) is 0 Å². The van der Waals surface area contributed by atoms with Gasteiger partial charge in [-0.05, 0) is 38.0 Å². The summed E-state index contributed by atoms with van der Waals surface area (Å²) < 4.78 is 5.29. The predicted octanol–water partition coefficient (Wildman–Crippen LogP) is 2.50. The monoisotopic (exact) mass is 227 g/mol. The summed E-state index contributed by atoms with van der Waals surface area (Å²) in [6, 6.07) is 0.387. The highest BCUT2D eigenvalue weighted by atomic mass is 16.5. The van der Waals surface area contributed by atoms with Gasteiger partial charge in [0, 0.05) is 12.6 Å². The highest BCUT2D eigenvalue weighted by Crippen LogP contribution is 2.23. The fraction of sp³-hybridized carbons (Fsp3) is 0.923. The normalized spacial score (nSPS) is 25.4. The Morgan fingerprint density at radius 1 is 1.31 bits per heavy atom. The van der Waals surface area contributed by atoms with Crippen molar-refractivity contribution in [2.24, 2.45) is 5.92 Å². The molecule has 0 aromatic carbocycles. The quantitative estimate of drug-likeness (QED) is 0.708. The van der Waals surface area contributed by atoms with Gasteiger partial charge in [-0.25, -0.2) is 0 Å². The van der Waals surface area contributed by atoms with E-state index in [0.29, 0.717) is 12.6 Å². The molecule has 0 aliphatic heterocycles. The van der Waals surface area contributed by atoms with E-state index in [0.717, 1.165) is 31.6 Å². The highest BCUT2D eigenvalue weighted by molar-refractivity contribution is 5.77. The van der Waals surface area contributed by atoms with Crippen LogP contribution in [0, 0.1) is 5.92 Å². The standard InChI is InChI=1S/C13H25NO2/c1-3-4-9-16-10-13(15)14-12-7-5-11(2)6-8-12/h11-12H,3-10H2,1-2H3,(H,14,15). The van der Waals surface area contributed by atoms with Crippen molar-refractivity contribution < 1.29 is 9.53 Å². The van der Waals surface area contributed by atoms with E-state index in [-0.39, 0.29) is 12.5 Å². The molecule has 0 saturated heterocycles. The van der Waals surface area contributed by atoms with E-state index in [2.05, 4.69) is 19.2 Å². The maximum absolute atomic E-state index is 11.5. The van der Waals surface area contributed by atoms with Crippen LogP contribution in [0.3, 0.4) is 0 Å². The molecule has 1 aliphatic rings. The molecule has 1 fully saturated rings. The first-order chi connectivity index (χ1) is 7.72. The molecular weight excluding hydrogens is 202 g/mol. The molecule has 1 N–H and O–H groups in total. The zero-order valence-electron chi connectivity index (χ0n) is 10.6. The lowest BCUT2D eigenvalue weighted by atomic mass is 9.87. The lowest BCUT2D eigenvalue weighted by molar-refractivity contribution is -0.126. The van der Waals surface area contributed by atoms with Gasteiger partial charge in [-0.1, -0.05) is 20.3 Å². The van der Waals surface area contributed by atoms with Crippen LogP contribution in [0.2, 0.25) is 0 Å². The lowest BCUT2D eigenvalue weighted by Gasteiger charge is -2.26. The lowest BCUT2D eigenvalue weighted by Crippen LogP contribution is -2.39. The SMILES string of the molecule is CCCCOCC(=O)NC1CCC(C)CC1. The second kappa shape index (κ2) is 7.66. The first-order valence-corrected chi connectivity index (χ1v) is 6.59. The molecular formula is C13H25NO2. The zero-order valence-corrected chi connectivity index (χ0v) is 10.6. The topological polar surface area (TPSA) is 38.3 Å². The second-order valence-corrected chi connectivity index (χ2v) is 4.93. The van der Waals surface area contributed by atoms with Crippen molar-refractivity contribution in [1.82, 2.24) is 5.32 Å². The van der Waals surface area contributed by atoms with Crippen molar-refractivity contribution in [3.63, 3.8) is 0 Å². The Balaban J connectivity index is 2.05. The summed E-state index contributed by atoms with van der Waals surface area (Å²) in [7, 11) is 0. The van der Waals surface area contributed by atoms with Crippen molar-refractivity contribution in [2.75, 3.05) is 13.2 Å². The van der Waals surface area contributed by atoms with Crippen LogP contribution in [0.25, 0.3) is 0 Å². The molecule has 0 unspecified atom stereocenters. The zero-order chi connectivity index (χ0) is 11.8. The minimum Gasteiger partial charge on any atom is -0.372 e. The van der Waals surface area contributed by atoms with Crippen LogP contribution in [0.5, 0.6) is 0 Å². The maximum Gasteiger partial charge on any atom is 0.246 e. The van der Waals surface area contributed by atoms with Gasteiger partial charge in [0.15, 0.2) is 0 Å². The van der Waals surface area contributed by atoms with Gasteiger partial charge < -0.3 is 10.1 Å². The van der Waals surface area contributed by atoms with Crippen LogP contribution in [0.4, 0.5) is 0 Å². The van der Waals surface area contributed by atoms with Crippen LogP contribution in [-0.2, 0) is 9.53 Å². The molecule has 0 bridgehead atoms. The van der Waals surface area contributed by atoms with E-state index in [4.69, 9.17) is 4.74 Å². The number of amides is 1. The van der Waals surface area contributed by atoms with Gasteiger partial charge in [0.25, 0.3) is 0 Å². The van der Waals surface area contributed by atoms with E-state index in [1.807, 2.05) is 0 Å². The number of rotatable bonds is 6. The summed E-state index contributed by atoms with van der Waals surface area (Å²) in [6.07, 6.45) is 6.88. The third kappa shape index (κ3) is 5.50. The van der Waals surface area contributed by atoms with Gasteiger partial charge in [-0.3, -0.25) is 4.79 Å². The summed E-state index contributed by atoms with van der Waals surface area (Å²) in [5.41, 5.74) is 0. The molecule has 1 aliphatic carbocycles. The summed E-state index contributed by atoms with van der Waals surface area (Å²) in [4.78, 5) is 11.5. The average molecular weight is 227 g/mol. The number of nitrogens with one attached hydrogen (secondary N) is 1. The van der Waals surface area contributed by atoms with Crippen molar-refractivity contribution in [3.05, 3.63) is 0 Å². The number of ether oxygens (including phenoxy) is 1. The van der Waals surface area contributed by atoms with Crippen LogP contribution in [-0.4, -0.2) is 25.2 Å². The molecule has 16 heavy (non-hydrogen) atoms. The van der Waals surface area contributed by atoms with Crippen molar-refractivity contribution >= 4 is 5.91 Å². The van der Waals surface area contributed by atoms with E-state index in [1.165, 1.54) is 12.8 Å². The van der Waals surface area contributed by atoms with Crippen molar-refractivity contribution in [2.45, 2.75) is 58.4 Å². The predicted molar refractivity (Wildman–Crippen MR) is 65.3 cm³/mol. The minimum absolute atomic E-state index is 0.0515. The number of carbonyl (C=O) groups excluding carboxylic acids is 1. The number of carbonyl (C=O) groups is 1. The third-order valence-corrected chi connectivity index (χ3v) is 3.26. The average Bonchev–Trinajstić information content (AvgIpc) is 2.28. The van der Waals surface area contributed by atoms with E-state index in [1.54, 1.807) is 0 Å². The fourth-order valence-corrected chi connectivity index (χ4v) is 2.09. The first-order valence-electron chi connectivity index (χ1n) is 6.59. The summed E-state index contributed by atoms with van der Waals surface area (Å²) in [5, 5.41) is 3.05. The Labute approximate surface area is 98.9 Å². The van der Waals surface area contributed by atoms with Crippen LogP contribution >= 0.6 is 0 Å². The fourth-order valence-electron chi connectivity index (χ4n) is 2.09. The van der Waals surface area contributed by atoms with Gasteiger partial charge >= 0.3 is 0 Å². The molecule has 0 spiro atoms. The van der Waals surface area contributed by atoms with E-state index >= 15 is 0 Å².